The van der Waals surface area contributed by atoms with Crippen molar-refractivity contribution in [1.82, 2.24) is 0 Å². The van der Waals surface area contributed by atoms with Crippen LogP contribution in [0.15, 0.2) is 72.8 Å². The third kappa shape index (κ3) is 4.59. The molecule has 0 N–H and O–H groups in total. The van der Waals surface area contributed by atoms with E-state index in [9.17, 15) is 0 Å². The van der Waals surface area contributed by atoms with Crippen molar-refractivity contribution in [3.63, 3.8) is 0 Å². The molecule has 0 spiro atoms. The average molecular weight is 455 g/mol. The fraction of sp³-hybridized carbons (Fsp3) is 0.200. The molecular formula is C30H32P2. The molecule has 0 radical (unpaired) electrons. The van der Waals surface area contributed by atoms with Gasteiger partial charge < -0.3 is 0 Å². The second-order valence-electron chi connectivity index (χ2n) is 8.71. The highest BCUT2D eigenvalue weighted by Crippen LogP contribution is 2.36. The van der Waals surface area contributed by atoms with Crippen molar-refractivity contribution in [2.45, 2.75) is 41.5 Å². The highest BCUT2D eigenvalue weighted by molar-refractivity contribution is 7.56. The number of aryl methyl sites for hydroxylation is 2. The van der Waals surface area contributed by atoms with E-state index >= 15 is 0 Å². The molecular weight excluding hydrogens is 422 g/mol. The van der Waals surface area contributed by atoms with Crippen LogP contribution >= 0.6 is 17.2 Å². The van der Waals surface area contributed by atoms with E-state index < -0.39 is 0 Å². The van der Waals surface area contributed by atoms with Crippen molar-refractivity contribution in [1.29, 1.82) is 0 Å². The van der Waals surface area contributed by atoms with Crippen LogP contribution in [0.3, 0.4) is 0 Å². The summed E-state index contributed by atoms with van der Waals surface area (Å²) in [5.74, 6) is 0. The Hall–Kier alpha value is -2.26. The number of hydrogen-bond acceptors (Lipinski definition) is 0. The van der Waals surface area contributed by atoms with Crippen molar-refractivity contribution < 1.29 is 0 Å². The van der Waals surface area contributed by atoms with Crippen LogP contribution in [0, 0.1) is 41.5 Å². The summed E-state index contributed by atoms with van der Waals surface area (Å²) in [6, 6.07) is 26.7. The first-order valence-electron chi connectivity index (χ1n) is 11.2. The van der Waals surface area contributed by atoms with Crippen LogP contribution in [0.1, 0.15) is 33.4 Å². The quantitative estimate of drug-likeness (QED) is 0.304. The third-order valence-electron chi connectivity index (χ3n) is 6.67. The molecule has 0 saturated carbocycles. The Morgan fingerprint density at radius 2 is 0.781 bits per heavy atom. The van der Waals surface area contributed by atoms with Crippen LogP contribution in [0.2, 0.25) is 0 Å². The zero-order chi connectivity index (χ0) is 22.8. The predicted octanol–water partition coefficient (Wildman–Crippen LogP) is 6.46. The van der Waals surface area contributed by atoms with E-state index in [1.54, 1.807) is 0 Å². The average Bonchev–Trinajstić information content (AvgIpc) is 2.79. The van der Waals surface area contributed by atoms with Gasteiger partial charge in [-0.3, -0.25) is 0 Å². The summed E-state index contributed by atoms with van der Waals surface area (Å²) in [6.45, 7) is 13.7. The lowest BCUT2D eigenvalue weighted by Crippen LogP contribution is -2.17. The third-order valence-corrected chi connectivity index (χ3v) is 9.25. The standard InChI is InChI=1S/C30H32P2/c1-19-17-27(31-25-13-9-7-10-14-25)29(23(5)21(19)3)30-24(6)22(4)20(2)18-28(30)32-26-15-11-8-12-16-26/h7-18,31-32H,1-6H3. The molecule has 2 heteroatoms. The highest BCUT2D eigenvalue weighted by atomic mass is 31.1. The molecule has 0 aromatic heterocycles. The van der Waals surface area contributed by atoms with Gasteiger partial charge in [0.15, 0.2) is 0 Å². The molecule has 0 aliphatic heterocycles. The van der Waals surface area contributed by atoms with Gasteiger partial charge in [0.1, 0.15) is 0 Å². The van der Waals surface area contributed by atoms with Crippen LogP contribution < -0.4 is 21.2 Å². The van der Waals surface area contributed by atoms with E-state index in [-0.39, 0.29) is 0 Å². The Kier molecular flexibility index (Phi) is 6.95. The van der Waals surface area contributed by atoms with E-state index in [0.717, 1.165) is 0 Å². The molecule has 2 unspecified atom stereocenters. The van der Waals surface area contributed by atoms with Gasteiger partial charge in [-0.2, -0.15) is 0 Å². The molecule has 0 saturated heterocycles. The lowest BCUT2D eigenvalue weighted by molar-refractivity contribution is 1.25. The van der Waals surface area contributed by atoms with E-state index in [1.807, 2.05) is 0 Å². The van der Waals surface area contributed by atoms with Gasteiger partial charge in [-0.25, -0.2) is 0 Å². The lowest BCUT2D eigenvalue weighted by Gasteiger charge is -2.24. The zero-order valence-corrected chi connectivity index (χ0v) is 21.9. The largest absolute Gasteiger partial charge is 0.0622 e. The molecule has 4 aromatic rings. The minimum atomic E-state index is 0.648. The molecule has 0 bridgehead atoms. The van der Waals surface area contributed by atoms with Crippen LogP contribution in [0.5, 0.6) is 0 Å². The van der Waals surface area contributed by atoms with Crippen molar-refractivity contribution in [2.24, 2.45) is 0 Å². The number of rotatable bonds is 5. The maximum absolute atomic E-state index is 2.44. The number of benzene rings is 4. The van der Waals surface area contributed by atoms with Gasteiger partial charge >= 0.3 is 0 Å². The van der Waals surface area contributed by atoms with Crippen molar-refractivity contribution in [3.8, 4) is 11.1 Å². The Morgan fingerprint density at radius 3 is 1.12 bits per heavy atom. The SMILES string of the molecule is Cc1cc(Pc2ccccc2)c(-c2c(Pc3ccccc3)cc(C)c(C)c2C)c(C)c1C. The molecule has 0 aliphatic carbocycles. The normalized spacial score (nSPS) is 11.8. The maximum atomic E-state index is 2.44. The molecule has 32 heavy (non-hydrogen) atoms. The molecule has 0 fully saturated rings. The van der Waals surface area contributed by atoms with E-state index in [1.165, 1.54) is 65.7 Å². The summed E-state index contributed by atoms with van der Waals surface area (Å²) < 4.78 is 0. The lowest BCUT2D eigenvalue weighted by atomic mass is 9.89. The van der Waals surface area contributed by atoms with Gasteiger partial charge in [-0.05, 0) is 107 Å². The van der Waals surface area contributed by atoms with Crippen molar-refractivity contribution in [2.75, 3.05) is 0 Å². The van der Waals surface area contributed by atoms with E-state index in [0.29, 0.717) is 17.2 Å². The Morgan fingerprint density at radius 1 is 0.438 bits per heavy atom. The molecule has 4 aromatic carbocycles. The smallest absolute Gasteiger partial charge is 0.00650 e. The molecule has 0 amide bonds. The molecule has 0 nitrogen and oxygen atoms in total. The summed E-state index contributed by atoms with van der Waals surface area (Å²) in [6.07, 6.45) is 0. The summed E-state index contributed by atoms with van der Waals surface area (Å²) in [4.78, 5) is 0. The monoisotopic (exact) mass is 454 g/mol. The summed E-state index contributed by atoms with van der Waals surface area (Å²) >= 11 is 0. The summed E-state index contributed by atoms with van der Waals surface area (Å²) in [5.41, 5.74) is 11.4. The van der Waals surface area contributed by atoms with Crippen LogP contribution in [-0.2, 0) is 0 Å². The van der Waals surface area contributed by atoms with Crippen molar-refractivity contribution >= 4 is 38.4 Å². The first kappa shape index (κ1) is 22.9. The molecule has 0 aliphatic rings. The Labute approximate surface area is 197 Å². The van der Waals surface area contributed by atoms with Crippen molar-refractivity contribution in [3.05, 3.63) is 106 Å². The summed E-state index contributed by atoms with van der Waals surface area (Å²) in [5, 5.41) is 5.71. The van der Waals surface area contributed by atoms with Crippen LogP contribution in [-0.4, -0.2) is 0 Å². The second-order valence-corrected chi connectivity index (χ2v) is 11.4. The van der Waals surface area contributed by atoms with E-state index in [4.69, 9.17) is 0 Å². The van der Waals surface area contributed by atoms with Gasteiger partial charge in [0, 0.05) is 0 Å². The topological polar surface area (TPSA) is 0 Å². The fourth-order valence-electron chi connectivity index (χ4n) is 4.36. The van der Waals surface area contributed by atoms with Gasteiger partial charge in [0.25, 0.3) is 0 Å². The van der Waals surface area contributed by atoms with Crippen LogP contribution in [0.25, 0.3) is 11.1 Å². The van der Waals surface area contributed by atoms with Gasteiger partial charge in [0.2, 0.25) is 0 Å². The summed E-state index contributed by atoms with van der Waals surface area (Å²) in [7, 11) is 1.30. The first-order valence-corrected chi connectivity index (χ1v) is 13.2. The highest BCUT2D eigenvalue weighted by Gasteiger charge is 2.20. The first-order chi connectivity index (χ1) is 15.4. The minimum absolute atomic E-state index is 0.648. The predicted molar refractivity (Wildman–Crippen MR) is 148 cm³/mol. The van der Waals surface area contributed by atoms with Gasteiger partial charge in [-0.1, -0.05) is 90.0 Å². The Bertz CT molecular complexity index is 1150. The number of hydrogen-bond donors (Lipinski definition) is 0. The second kappa shape index (κ2) is 9.70. The molecule has 0 heterocycles. The zero-order valence-electron chi connectivity index (χ0n) is 19.9. The van der Waals surface area contributed by atoms with Gasteiger partial charge in [-0.15, -0.1) is 0 Å². The fourth-order valence-corrected chi connectivity index (χ4v) is 7.15. The molecule has 162 valence electrons. The molecule has 2 atom stereocenters. The maximum Gasteiger partial charge on any atom is -0.00650 e. The van der Waals surface area contributed by atoms with E-state index in [2.05, 4.69) is 114 Å². The molecule has 4 rings (SSSR count). The van der Waals surface area contributed by atoms with Gasteiger partial charge in [0.05, 0.1) is 0 Å². The Balaban J connectivity index is 1.98. The van der Waals surface area contributed by atoms with Crippen LogP contribution in [0.4, 0.5) is 0 Å². The minimum Gasteiger partial charge on any atom is -0.0622 e.